The lowest BCUT2D eigenvalue weighted by molar-refractivity contribution is 0.246. The summed E-state index contributed by atoms with van der Waals surface area (Å²) in [5, 5.41) is 9.02. The number of fused-ring (bicyclic) bond motifs is 2. The van der Waals surface area contributed by atoms with Crippen LogP contribution in [0, 0.1) is 0 Å². The normalized spacial score (nSPS) is 17.5. The molecule has 3 aromatic rings. The lowest BCUT2D eigenvalue weighted by atomic mass is 9.96. The van der Waals surface area contributed by atoms with E-state index in [2.05, 4.69) is 53.1 Å². The molecule has 3 heterocycles. The Labute approximate surface area is 171 Å². The SMILES string of the molecule is CN(C)c1ncnc2ccc(N3CCN(Cc4n[nH]c5c4CCCC5)CC3)cc12. The van der Waals surface area contributed by atoms with E-state index in [-0.39, 0.29) is 0 Å². The molecule has 7 heteroatoms. The number of hydrogen-bond donors (Lipinski definition) is 1. The fourth-order valence-electron chi connectivity index (χ4n) is 4.64. The molecule has 1 saturated heterocycles. The smallest absolute Gasteiger partial charge is 0.139 e. The Balaban J connectivity index is 1.28. The highest BCUT2D eigenvalue weighted by atomic mass is 15.3. The lowest BCUT2D eigenvalue weighted by Gasteiger charge is -2.36. The number of aryl methyl sites for hydroxylation is 1. The van der Waals surface area contributed by atoms with Crippen LogP contribution < -0.4 is 9.80 Å². The minimum absolute atomic E-state index is 0.968. The van der Waals surface area contributed by atoms with Crippen LogP contribution in [0.5, 0.6) is 0 Å². The summed E-state index contributed by atoms with van der Waals surface area (Å²) in [5.74, 6) is 0.971. The van der Waals surface area contributed by atoms with Gasteiger partial charge in [0.1, 0.15) is 12.1 Å². The van der Waals surface area contributed by atoms with Crippen molar-refractivity contribution < 1.29 is 0 Å². The van der Waals surface area contributed by atoms with Crippen molar-refractivity contribution in [2.75, 3.05) is 50.1 Å². The maximum Gasteiger partial charge on any atom is 0.139 e. The molecule has 1 aliphatic carbocycles. The second kappa shape index (κ2) is 7.63. The van der Waals surface area contributed by atoms with E-state index in [1.54, 1.807) is 6.33 Å². The van der Waals surface area contributed by atoms with E-state index in [0.29, 0.717) is 0 Å². The van der Waals surface area contributed by atoms with Crippen LogP contribution in [0.4, 0.5) is 11.5 Å². The molecule has 1 aromatic carbocycles. The molecule has 5 rings (SSSR count). The third kappa shape index (κ3) is 3.55. The number of rotatable bonds is 4. The summed E-state index contributed by atoms with van der Waals surface area (Å²) < 4.78 is 0. The molecule has 2 aromatic heterocycles. The fourth-order valence-corrected chi connectivity index (χ4v) is 4.64. The van der Waals surface area contributed by atoms with Gasteiger partial charge in [0.25, 0.3) is 0 Å². The zero-order valence-corrected chi connectivity index (χ0v) is 17.4. The Bertz CT molecular complexity index is 1000. The van der Waals surface area contributed by atoms with Gasteiger partial charge in [-0.3, -0.25) is 10.00 Å². The largest absolute Gasteiger partial charge is 0.369 e. The van der Waals surface area contributed by atoms with Crippen molar-refractivity contribution in [3.05, 3.63) is 41.5 Å². The van der Waals surface area contributed by atoms with Gasteiger partial charge in [0.15, 0.2) is 0 Å². The van der Waals surface area contributed by atoms with Crippen molar-refractivity contribution >= 4 is 22.4 Å². The highest BCUT2D eigenvalue weighted by Gasteiger charge is 2.22. The summed E-state index contributed by atoms with van der Waals surface area (Å²) in [6.45, 7) is 5.15. The van der Waals surface area contributed by atoms with Crippen molar-refractivity contribution in [1.82, 2.24) is 25.1 Å². The molecule has 0 saturated carbocycles. The van der Waals surface area contributed by atoms with Gasteiger partial charge in [-0.25, -0.2) is 9.97 Å². The molecular weight excluding hydrogens is 362 g/mol. The van der Waals surface area contributed by atoms with E-state index in [1.165, 1.54) is 41.9 Å². The molecule has 0 spiro atoms. The standard InChI is InChI=1S/C22H29N7/c1-27(2)22-18-13-16(7-8-19(18)23-15-24-22)29-11-9-28(10-12-29)14-21-17-5-3-4-6-20(17)25-26-21/h7-8,13,15H,3-6,9-12,14H2,1-2H3,(H,25,26). The van der Waals surface area contributed by atoms with Gasteiger partial charge in [-0.2, -0.15) is 5.10 Å². The quantitative estimate of drug-likeness (QED) is 0.738. The van der Waals surface area contributed by atoms with E-state index < -0.39 is 0 Å². The molecule has 7 nitrogen and oxygen atoms in total. The van der Waals surface area contributed by atoms with Crippen LogP contribution in [0.1, 0.15) is 29.8 Å². The van der Waals surface area contributed by atoms with E-state index in [0.717, 1.165) is 55.9 Å². The van der Waals surface area contributed by atoms with E-state index in [1.807, 2.05) is 14.1 Å². The van der Waals surface area contributed by atoms with Gasteiger partial charge in [-0.05, 0) is 49.4 Å². The van der Waals surface area contributed by atoms with E-state index >= 15 is 0 Å². The fraction of sp³-hybridized carbons (Fsp3) is 0.500. The molecule has 1 aliphatic heterocycles. The number of hydrogen-bond acceptors (Lipinski definition) is 6. The highest BCUT2D eigenvalue weighted by Crippen LogP contribution is 2.28. The average molecular weight is 392 g/mol. The molecule has 1 N–H and O–H groups in total. The van der Waals surface area contributed by atoms with Crippen LogP contribution in [0.2, 0.25) is 0 Å². The molecule has 152 valence electrons. The highest BCUT2D eigenvalue weighted by molar-refractivity contribution is 5.91. The van der Waals surface area contributed by atoms with Crippen LogP contribution >= 0.6 is 0 Å². The first-order valence-corrected chi connectivity index (χ1v) is 10.6. The second-order valence-electron chi connectivity index (χ2n) is 8.39. The monoisotopic (exact) mass is 391 g/mol. The third-order valence-electron chi connectivity index (χ3n) is 6.27. The number of piperazine rings is 1. The first-order valence-electron chi connectivity index (χ1n) is 10.6. The molecule has 0 radical (unpaired) electrons. The number of nitrogens with zero attached hydrogens (tertiary/aromatic N) is 6. The number of H-pyrrole nitrogens is 1. The molecule has 0 amide bonds. The van der Waals surface area contributed by atoms with Gasteiger partial charge < -0.3 is 9.80 Å². The van der Waals surface area contributed by atoms with Crippen LogP contribution in [-0.4, -0.2) is 65.3 Å². The first-order chi connectivity index (χ1) is 14.2. The maximum absolute atomic E-state index is 4.63. The summed E-state index contributed by atoms with van der Waals surface area (Å²) in [4.78, 5) is 15.9. The Morgan fingerprint density at radius 3 is 2.69 bits per heavy atom. The van der Waals surface area contributed by atoms with Gasteiger partial charge in [0.05, 0.1) is 11.2 Å². The minimum Gasteiger partial charge on any atom is -0.369 e. The Hall–Kier alpha value is -2.67. The van der Waals surface area contributed by atoms with Crippen molar-refractivity contribution in [3.63, 3.8) is 0 Å². The second-order valence-corrected chi connectivity index (χ2v) is 8.39. The third-order valence-corrected chi connectivity index (χ3v) is 6.27. The van der Waals surface area contributed by atoms with Gasteiger partial charge in [0.2, 0.25) is 0 Å². The molecule has 0 unspecified atom stereocenters. The van der Waals surface area contributed by atoms with Crippen molar-refractivity contribution in [2.24, 2.45) is 0 Å². The van der Waals surface area contributed by atoms with Crippen LogP contribution in [0.15, 0.2) is 24.5 Å². The molecule has 29 heavy (non-hydrogen) atoms. The van der Waals surface area contributed by atoms with E-state index in [4.69, 9.17) is 0 Å². The molecular formula is C22H29N7. The number of aromatic nitrogens is 4. The number of benzene rings is 1. The van der Waals surface area contributed by atoms with Crippen LogP contribution in [0.25, 0.3) is 10.9 Å². The molecule has 0 bridgehead atoms. The van der Waals surface area contributed by atoms with Gasteiger partial charge in [-0.15, -0.1) is 0 Å². The van der Waals surface area contributed by atoms with Crippen molar-refractivity contribution in [2.45, 2.75) is 32.2 Å². The minimum atomic E-state index is 0.968. The number of anilines is 2. The summed E-state index contributed by atoms with van der Waals surface area (Å²) in [7, 11) is 4.06. The van der Waals surface area contributed by atoms with Crippen LogP contribution in [0.3, 0.4) is 0 Å². The molecule has 2 aliphatic rings. The predicted molar refractivity (Wildman–Crippen MR) is 117 cm³/mol. The van der Waals surface area contributed by atoms with Crippen molar-refractivity contribution in [3.8, 4) is 0 Å². The van der Waals surface area contributed by atoms with E-state index in [9.17, 15) is 0 Å². The summed E-state index contributed by atoms with van der Waals surface area (Å²) >= 11 is 0. The zero-order valence-electron chi connectivity index (χ0n) is 17.4. The van der Waals surface area contributed by atoms with Gasteiger partial charge >= 0.3 is 0 Å². The Morgan fingerprint density at radius 1 is 1.03 bits per heavy atom. The zero-order chi connectivity index (χ0) is 19.8. The van der Waals surface area contributed by atoms with Gasteiger partial charge in [-0.1, -0.05) is 0 Å². The lowest BCUT2D eigenvalue weighted by Crippen LogP contribution is -2.46. The Kier molecular flexibility index (Phi) is 4.83. The predicted octanol–water partition coefficient (Wildman–Crippen LogP) is 2.62. The summed E-state index contributed by atoms with van der Waals surface area (Å²) in [6.07, 6.45) is 6.59. The Morgan fingerprint density at radius 2 is 1.86 bits per heavy atom. The maximum atomic E-state index is 4.63. The number of aromatic amines is 1. The number of nitrogens with one attached hydrogen (secondary N) is 1. The van der Waals surface area contributed by atoms with Gasteiger partial charge in [0, 0.05) is 63.6 Å². The summed E-state index contributed by atoms with van der Waals surface area (Å²) in [5.41, 5.74) is 6.39. The first kappa shape index (κ1) is 18.4. The van der Waals surface area contributed by atoms with Crippen LogP contribution in [-0.2, 0) is 19.4 Å². The topological polar surface area (TPSA) is 64.2 Å². The average Bonchev–Trinajstić information content (AvgIpc) is 3.16. The van der Waals surface area contributed by atoms with Crippen molar-refractivity contribution in [1.29, 1.82) is 0 Å². The molecule has 1 fully saturated rings. The summed E-state index contributed by atoms with van der Waals surface area (Å²) in [6, 6.07) is 6.54. The molecule has 0 atom stereocenters.